The van der Waals surface area contributed by atoms with Gasteiger partial charge in [0.2, 0.25) is 5.91 Å². The monoisotopic (exact) mass is 363 g/mol. The Bertz CT molecular complexity index is 681. The van der Waals surface area contributed by atoms with Gasteiger partial charge in [0, 0.05) is 6.54 Å². The lowest BCUT2D eigenvalue weighted by molar-refractivity contribution is -0.139. The number of primary amides is 1. The number of nitrogens with two attached hydrogens (primary N) is 1. The number of aromatic hydroxyl groups is 1. The maximum atomic E-state index is 13.0. The number of hydrogen-bond acceptors (Lipinski definition) is 5. The Balaban J connectivity index is 2.27. The molecule has 0 spiro atoms. The van der Waals surface area contributed by atoms with E-state index in [4.69, 9.17) is 10.5 Å². The zero-order valence-corrected chi connectivity index (χ0v) is 15.2. The zero-order valence-electron chi connectivity index (χ0n) is 15.2. The molecule has 142 valence electrons. The van der Waals surface area contributed by atoms with Crippen LogP contribution in [-0.4, -0.2) is 46.1 Å². The molecule has 0 saturated carbocycles. The van der Waals surface area contributed by atoms with Crippen LogP contribution in [0, 0.1) is 0 Å². The highest BCUT2D eigenvalue weighted by molar-refractivity contribution is 5.92. The first-order chi connectivity index (χ1) is 12.1. The number of hydrogen-bond donors (Lipinski definition) is 3. The maximum absolute atomic E-state index is 13.0. The van der Waals surface area contributed by atoms with Crippen molar-refractivity contribution in [2.45, 2.75) is 51.3 Å². The molecule has 26 heavy (non-hydrogen) atoms. The van der Waals surface area contributed by atoms with Crippen molar-refractivity contribution in [2.75, 3.05) is 6.54 Å². The molecule has 0 aromatic heterocycles. The van der Waals surface area contributed by atoms with E-state index >= 15 is 0 Å². The van der Waals surface area contributed by atoms with Crippen molar-refractivity contribution in [3.63, 3.8) is 0 Å². The molecule has 0 bridgehead atoms. The van der Waals surface area contributed by atoms with Crippen LogP contribution in [0.4, 0.5) is 4.79 Å². The Hall–Kier alpha value is -2.77. The van der Waals surface area contributed by atoms with Gasteiger partial charge in [-0.15, -0.1) is 0 Å². The number of benzene rings is 1. The van der Waals surface area contributed by atoms with Crippen molar-refractivity contribution in [2.24, 2.45) is 5.73 Å². The summed E-state index contributed by atoms with van der Waals surface area (Å²) in [5, 5.41) is 12.0. The lowest BCUT2D eigenvalue weighted by Crippen LogP contribution is -2.49. The van der Waals surface area contributed by atoms with Crippen LogP contribution < -0.4 is 11.1 Å². The third-order valence-corrected chi connectivity index (χ3v) is 4.00. The quantitative estimate of drug-likeness (QED) is 0.747. The van der Waals surface area contributed by atoms with Gasteiger partial charge in [0.25, 0.3) is 5.91 Å². The van der Waals surface area contributed by atoms with Crippen LogP contribution in [0.1, 0.15) is 45.2 Å². The average molecular weight is 363 g/mol. The Morgan fingerprint density at radius 1 is 1.27 bits per heavy atom. The fourth-order valence-electron chi connectivity index (χ4n) is 2.87. The Labute approximate surface area is 152 Å². The van der Waals surface area contributed by atoms with Crippen molar-refractivity contribution in [1.82, 2.24) is 10.2 Å². The second kappa shape index (κ2) is 7.63. The van der Waals surface area contributed by atoms with E-state index in [1.165, 1.54) is 29.2 Å². The molecule has 1 aromatic carbocycles. The van der Waals surface area contributed by atoms with Gasteiger partial charge in [-0.25, -0.2) is 4.79 Å². The normalized spacial score (nSPS) is 18.3. The van der Waals surface area contributed by atoms with Crippen LogP contribution in [0.2, 0.25) is 0 Å². The molecule has 0 radical (unpaired) electrons. The van der Waals surface area contributed by atoms with Crippen LogP contribution in [0.15, 0.2) is 24.3 Å². The van der Waals surface area contributed by atoms with E-state index in [2.05, 4.69) is 5.32 Å². The molecule has 2 unspecified atom stereocenters. The molecule has 2 atom stereocenters. The number of nitrogens with zero attached hydrogens (tertiary/aromatic N) is 1. The van der Waals surface area contributed by atoms with E-state index in [0.29, 0.717) is 24.9 Å². The molecule has 1 fully saturated rings. The summed E-state index contributed by atoms with van der Waals surface area (Å²) in [7, 11) is 0. The van der Waals surface area contributed by atoms with Gasteiger partial charge in [-0.1, -0.05) is 12.1 Å². The molecule has 8 nitrogen and oxygen atoms in total. The molecular weight excluding hydrogens is 338 g/mol. The first-order valence-electron chi connectivity index (χ1n) is 8.47. The van der Waals surface area contributed by atoms with Crippen LogP contribution in [0.25, 0.3) is 0 Å². The summed E-state index contributed by atoms with van der Waals surface area (Å²) >= 11 is 0. The largest absolute Gasteiger partial charge is 0.508 e. The van der Waals surface area contributed by atoms with Gasteiger partial charge in [0.1, 0.15) is 23.4 Å². The Morgan fingerprint density at radius 2 is 1.88 bits per heavy atom. The third-order valence-electron chi connectivity index (χ3n) is 4.00. The van der Waals surface area contributed by atoms with Crippen LogP contribution in [0.3, 0.4) is 0 Å². The highest BCUT2D eigenvalue weighted by Crippen LogP contribution is 2.25. The molecule has 1 aromatic rings. The van der Waals surface area contributed by atoms with E-state index in [9.17, 15) is 19.5 Å². The number of phenols is 1. The van der Waals surface area contributed by atoms with Crippen molar-refractivity contribution < 1.29 is 24.2 Å². The van der Waals surface area contributed by atoms with E-state index in [1.807, 2.05) is 0 Å². The van der Waals surface area contributed by atoms with Crippen molar-refractivity contribution in [3.05, 3.63) is 29.8 Å². The number of carbonyl (C=O) groups excluding carboxylic acids is 3. The summed E-state index contributed by atoms with van der Waals surface area (Å²) in [6, 6.07) is 4.16. The third kappa shape index (κ3) is 4.87. The van der Waals surface area contributed by atoms with Gasteiger partial charge in [0.15, 0.2) is 0 Å². The molecule has 1 saturated heterocycles. The number of alkyl carbamates (subject to hydrolysis) is 1. The topological polar surface area (TPSA) is 122 Å². The summed E-state index contributed by atoms with van der Waals surface area (Å²) in [5.41, 5.74) is 5.13. The standard InChI is InChI=1S/C18H25N3O5/c1-18(2,3)26-17(25)20-14(11-6-8-12(22)9-7-11)16(24)21-10-4-5-13(21)15(19)23/h6-9,13-14,22H,4-5,10H2,1-3H3,(H2,19,23)(H,20,25). The molecule has 1 aliphatic rings. The molecule has 3 amide bonds. The molecule has 2 rings (SSSR count). The van der Waals surface area contributed by atoms with Crippen molar-refractivity contribution >= 4 is 17.9 Å². The summed E-state index contributed by atoms with van der Waals surface area (Å²) in [6.07, 6.45) is 0.405. The van der Waals surface area contributed by atoms with Gasteiger partial charge in [0.05, 0.1) is 0 Å². The first-order valence-corrected chi connectivity index (χ1v) is 8.47. The summed E-state index contributed by atoms with van der Waals surface area (Å²) in [4.78, 5) is 38.2. The number of ether oxygens (including phenoxy) is 1. The number of amides is 3. The number of likely N-dealkylation sites (tertiary alicyclic amines) is 1. The second-order valence-corrected chi connectivity index (χ2v) is 7.26. The lowest BCUT2D eigenvalue weighted by atomic mass is 10.0. The minimum Gasteiger partial charge on any atom is -0.508 e. The maximum Gasteiger partial charge on any atom is 0.408 e. The smallest absolute Gasteiger partial charge is 0.408 e. The van der Waals surface area contributed by atoms with Gasteiger partial charge >= 0.3 is 6.09 Å². The summed E-state index contributed by atoms with van der Waals surface area (Å²) in [5.74, 6) is -0.978. The van der Waals surface area contributed by atoms with Gasteiger partial charge in [-0.05, 0) is 51.3 Å². The summed E-state index contributed by atoms with van der Waals surface area (Å²) < 4.78 is 5.24. The predicted molar refractivity (Wildman–Crippen MR) is 94.1 cm³/mol. The van der Waals surface area contributed by atoms with Crippen molar-refractivity contribution in [1.29, 1.82) is 0 Å². The van der Waals surface area contributed by atoms with Gasteiger partial charge in [-0.3, -0.25) is 9.59 Å². The summed E-state index contributed by atoms with van der Waals surface area (Å²) in [6.45, 7) is 5.53. The van der Waals surface area contributed by atoms with Crippen LogP contribution in [0.5, 0.6) is 5.75 Å². The van der Waals surface area contributed by atoms with Gasteiger partial charge < -0.3 is 25.8 Å². The van der Waals surface area contributed by atoms with E-state index in [1.54, 1.807) is 20.8 Å². The predicted octanol–water partition coefficient (Wildman–Crippen LogP) is 1.43. The number of carbonyl (C=O) groups is 3. The molecule has 1 aliphatic heterocycles. The first kappa shape index (κ1) is 19.6. The Morgan fingerprint density at radius 3 is 2.42 bits per heavy atom. The van der Waals surface area contributed by atoms with Crippen molar-refractivity contribution in [3.8, 4) is 5.75 Å². The molecule has 0 aliphatic carbocycles. The average Bonchev–Trinajstić information content (AvgIpc) is 3.01. The lowest BCUT2D eigenvalue weighted by Gasteiger charge is -2.29. The zero-order chi connectivity index (χ0) is 19.5. The van der Waals surface area contributed by atoms with E-state index in [0.717, 1.165) is 0 Å². The fraction of sp³-hybridized carbons (Fsp3) is 0.500. The molecular formula is C18H25N3O5. The van der Waals surface area contributed by atoms with Crippen LogP contribution >= 0.6 is 0 Å². The molecule has 1 heterocycles. The molecule has 8 heteroatoms. The minimum atomic E-state index is -1.05. The fourth-order valence-corrected chi connectivity index (χ4v) is 2.87. The van der Waals surface area contributed by atoms with E-state index in [-0.39, 0.29) is 5.75 Å². The van der Waals surface area contributed by atoms with E-state index < -0.39 is 35.6 Å². The SMILES string of the molecule is CC(C)(C)OC(=O)NC(C(=O)N1CCCC1C(N)=O)c1ccc(O)cc1. The minimum absolute atomic E-state index is 0.0356. The Kier molecular flexibility index (Phi) is 5.74. The number of rotatable bonds is 4. The number of nitrogens with one attached hydrogen (secondary N) is 1. The second-order valence-electron chi connectivity index (χ2n) is 7.26. The highest BCUT2D eigenvalue weighted by atomic mass is 16.6. The van der Waals surface area contributed by atoms with Gasteiger partial charge in [-0.2, -0.15) is 0 Å². The highest BCUT2D eigenvalue weighted by Gasteiger charge is 2.37. The number of phenolic OH excluding ortho intramolecular Hbond substituents is 1. The molecule has 4 N–H and O–H groups in total. The van der Waals surface area contributed by atoms with Crippen LogP contribution in [-0.2, 0) is 14.3 Å².